The summed E-state index contributed by atoms with van der Waals surface area (Å²) in [6, 6.07) is 13.5. The van der Waals surface area contributed by atoms with Crippen molar-refractivity contribution >= 4 is 27.8 Å². The highest BCUT2D eigenvalue weighted by molar-refractivity contribution is 5.79. The lowest BCUT2D eigenvalue weighted by atomic mass is 10.2. The number of hydrogen-bond donors (Lipinski definition) is 0. The number of nitrogens with zero attached hydrogens (tertiary/aromatic N) is 7. The Hall–Kier alpha value is -3.33. The molecule has 0 aliphatic rings. The summed E-state index contributed by atoms with van der Waals surface area (Å²) in [5, 5.41) is 19.8. The lowest BCUT2D eigenvalue weighted by Crippen LogP contribution is -2.39. The Morgan fingerprint density at radius 2 is 1.77 bits per heavy atom. The van der Waals surface area contributed by atoms with E-state index in [9.17, 15) is 10.1 Å². The molecule has 4 rings (SSSR count). The van der Waals surface area contributed by atoms with Gasteiger partial charge in [0.05, 0.1) is 21.5 Å². The van der Waals surface area contributed by atoms with Crippen molar-refractivity contribution in [3.8, 4) is 0 Å². The third-order valence-electron chi connectivity index (χ3n) is 5.64. The molecule has 0 spiro atoms. The van der Waals surface area contributed by atoms with Gasteiger partial charge in [0.25, 0.3) is 5.69 Å². The van der Waals surface area contributed by atoms with Gasteiger partial charge in [0, 0.05) is 37.3 Å². The van der Waals surface area contributed by atoms with Crippen LogP contribution in [0.1, 0.15) is 33.5 Å². The summed E-state index contributed by atoms with van der Waals surface area (Å²) >= 11 is 0. The van der Waals surface area contributed by atoms with Crippen LogP contribution in [0.15, 0.2) is 42.5 Å². The minimum absolute atomic E-state index is 0.0425. The molecule has 9 nitrogen and oxygen atoms in total. The summed E-state index contributed by atoms with van der Waals surface area (Å²) in [7, 11) is 0. The maximum absolute atomic E-state index is 11.2. The molecule has 0 atom stereocenters. The van der Waals surface area contributed by atoms with Crippen LogP contribution in [0.3, 0.4) is 0 Å². The molecule has 0 aliphatic heterocycles. The van der Waals surface area contributed by atoms with Gasteiger partial charge in [0.1, 0.15) is 17.9 Å². The van der Waals surface area contributed by atoms with Crippen LogP contribution in [0, 0.1) is 10.1 Å². The van der Waals surface area contributed by atoms with Gasteiger partial charge in [-0.1, -0.05) is 17.3 Å². The molecule has 0 N–H and O–H groups in total. The molecule has 9 heteroatoms. The Balaban J connectivity index is 1.75. The molecule has 0 saturated heterocycles. The van der Waals surface area contributed by atoms with Crippen LogP contribution in [-0.2, 0) is 13.1 Å². The molecular weight excluding hydrogens is 394 g/mol. The minimum Gasteiger partial charge on any atom is -0.325 e. The van der Waals surface area contributed by atoms with Crippen LogP contribution in [-0.4, -0.2) is 53.0 Å². The lowest BCUT2D eigenvalue weighted by Gasteiger charge is -2.30. The molecule has 0 amide bonds. The molecule has 2 aromatic carbocycles. The Bertz CT molecular complexity index is 1220. The summed E-state index contributed by atoms with van der Waals surface area (Å²) in [5.41, 5.74) is 3.30. The summed E-state index contributed by atoms with van der Waals surface area (Å²) in [6.45, 7) is 10.8. The maximum atomic E-state index is 11.2. The summed E-state index contributed by atoms with van der Waals surface area (Å²) in [6.07, 6.45) is 0. The number of rotatable bonds is 8. The second kappa shape index (κ2) is 8.43. The van der Waals surface area contributed by atoms with Crippen LogP contribution in [0.2, 0.25) is 0 Å². The van der Waals surface area contributed by atoms with Gasteiger partial charge in [-0.15, -0.1) is 5.10 Å². The first-order valence-electron chi connectivity index (χ1n) is 10.5. The highest BCUT2D eigenvalue weighted by Gasteiger charge is 2.19. The van der Waals surface area contributed by atoms with Gasteiger partial charge >= 0.3 is 0 Å². The number of aromatic nitrogens is 5. The van der Waals surface area contributed by atoms with E-state index in [0.29, 0.717) is 24.1 Å². The average molecular weight is 422 g/mol. The van der Waals surface area contributed by atoms with Crippen LogP contribution >= 0.6 is 0 Å². The number of non-ortho nitro benzene ring substituents is 1. The van der Waals surface area contributed by atoms with Crippen molar-refractivity contribution in [1.29, 1.82) is 0 Å². The van der Waals surface area contributed by atoms with Gasteiger partial charge in [-0.25, -0.2) is 9.67 Å². The number of benzene rings is 2. The molecule has 2 aromatic heterocycles. The van der Waals surface area contributed by atoms with Crippen molar-refractivity contribution < 1.29 is 4.92 Å². The number of fused-ring (bicyclic) bond motifs is 2. The molecule has 0 radical (unpaired) electrons. The van der Waals surface area contributed by atoms with Crippen LogP contribution in [0.25, 0.3) is 22.1 Å². The van der Waals surface area contributed by atoms with Crippen molar-refractivity contribution in [1.82, 2.24) is 29.4 Å². The Kier molecular flexibility index (Phi) is 5.69. The normalized spacial score (nSPS) is 12.1. The number of imidazole rings is 1. The molecule has 4 aromatic rings. The monoisotopic (exact) mass is 421 g/mol. The van der Waals surface area contributed by atoms with Gasteiger partial charge in [-0.05, 0) is 45.9 Å². The predicted molar refractivity (Wildman–Crippen MR) is 120 cm³/mol. The van der Waals surface area contributed by atoms with E-state index >= 15 is 0 Å². The fraction of sp³-hybridized carbons (Fsp3) is 0.409. The summed E-state index contributed by atoms with van der Waals surface area (Å²) in [5.74, 6) is 0.804. The van der Waals surface area contributed by atoms with E-state index in [1.54, 1.807) is 6.07 Å². The van der Waals surface area contributed by atoms with Gasteiger partial charge in [-0.3, -0.25) is 15.0 Å². The zero-order valence-corrected chi connectivity index (χ0v) is 18.3. The van der Waals surface area contributed by atoms with Gasteiger partial charge in [0.15, 0.2) is 0 Å². The van der Waals surface area contributed by atoms with Crippen molar-refractivity contribution in [2.24, 2.45) is 0 Å². The molecule has 0 fully saturated rings. The fourth-order valence-corrected chi connectivity index (χ4v) is 4.15. The first-order chi connectivity index (χ1) is 14.8. The lowest BCUT2D eigenvalue weighted by molar-refractivity contribution is -0.384. The number of hydrogen-bond acceptors (Lipinski definition) is 6. The van der Waals surface area contributed by atoms with Crippen molar-refractivity contribution in [3.63, 3.8) is 0 Å². The van der Waals surface area contributed by atoms with Gasteiger partial charge in [-0.2, -0.15) is 0 Å². The third-order valence-corrected chi connectivity index (χ3v) is 5.64. The molecule has 0 bridgehead atoms. The van der Waals surface area contributed by atoms with E-state index in [1.165, 1.54) is 12.1 Å². The molecule has 2 heterocycles. The van der Waals surface area contributed by atoms with E-state index < -0.39 is 0 Å². The van der Waals surface area contributed by atoms with Crippen LogP contribution < -0.4 is 0 Å². The highest BCUT2D eigenvalue weighted by atomic mass is 16.6. The minimum atomic E-state index is -0.387. The van der Waals surface area contributed by atoms with Gasteiger partial charge < -0.3 is 4.57 Å². The van der Waals surface area contributed by atoms with Crippen LogP contribution in [0.4, 0.5) is 5.69 Å². The first kappa shape index (κ1) is 20.9. The highest BCUT2D eigenvalue weighted by Crippen LogP contribution is 2.23. The molecule has 162 valence electrons. The zero-order chi connectivity index (χ0) is 22.1. The standard InChI is InChI=1S/C22H27N7O2/c1-15(2)26(16(3)4)11-12-27-20-10-9-17(29(30)31)13-19(20)23-22(27)14-28-21-8-6-5-7-18(21)24-25-28/h5-10,13,15-16H,11-12,14H2,1-4H3. The SMILES string of the molecule is CC(C)N(CCn1c(Cn2nnc3ccccc32)nc2cc([N+](=O)[O-])ccc21)C(C)C. The van der Waals surface area contributed by atoms with E-state index in [4.69, 9.17) is 4.98 Å². The average Bonchev–Trinajstić information content (AvgIpc) is 3.29. The quantitative estimate of drug-likeness (QED) is 0.317. The molecule has 31 heavy (non-hydrogen) atoms. The van der Waals surface area contributed by atoms with E-state index in [1.807, 2.05) is 28.9 Å². The molecule has 0 unspecified atom stereocenters. The number of nitro benzene ring substituents is 1. The van der Waals surface area contributed by atoms with E-state index in [0.717, 1.165) is 35.5 Å². The van der Waals surface area contributed by atoms with Crippen LogP contribution in [0.5, 0.6) is 0 Å². The molecule has 0 saturated carbocycles. The second-order valence-electron chi connectivity index (χ2n) is 8.27. The fourth-order valence-electron chi connectivity index (χ4n) is 4.15. The Labute approximate surface area is 180 Å². The number of para-hydroxylation sites is 1. The first-order valence-corrected chi connectivity index (χ1v) is 10.5. The van der Waals surface area contributed by atoms with Crippen molar-refractivity contribution in [3.05, 3.63) is 58.4 Å². The second-order valence-corrected chi connectivity index (χ2v) is 8.27. The van der Waals surface area contributed by atoms with E-state index in [-0.39, 0.29) is 10.6 Å². The predicted octanol–water partition coefficient (Wildman–Crippen LogP) is 3.86. The topological polar surface area (TPSA) is 94.9 Å². The smallest absolute Gasteiger partial charge is 0.271 e. The molecule has 0 aliphatic carbocycles. The van der Waals surface area contributed by atoms with Gasteiger partial charge in [0.2, 0.25) is 0 Å². The number of nitro groups is 1. The van der Waals surface area contributed by atoms with E-state index in [2.05, 4.69) is 47.5 Å². The zero-order valence-electron chi connectivity index (χ0n) is 18.3. The van der Waals surface area contributed by atoms with Crippen molar-refractivity contribution in [2.45, 2.75) is 52.9 Å². The van der Waals surface area contributed by atoms with Crippen molar-refractivity contribution in [2.75, 3.05) is 6.54 Å². The maximum Gasteiger partial charge on any atom is 0.271 e. The largest absolute Gasteiger partial charge is 0.325 e. The third kappa shape index (κ3) is 4.13. The molecular formula is C22H27N7O2. The Morgan fingerprint density at radius 1 is 1.03 bits per heavy atom. The summed E-state index contributed by atoms with van der Waals surface area (Å²) < 4.78 is 3.97. The Morgan fingerprint density at radius 3 is 2.48 bits per heavy atom. The summed E-state index contributed by atoms with van der Waals surface area (Å²) in [4.78, 5) is 18.0.